The number of amides is 2. The molecule has 7 atom stereocenters. The number of hydrogen-bond donors (Lipinski definition) is 3. The number of hydrogen-bond acceptors (Lipinski definition) is 10. The normalized spacial score (nSPS) is 35.9. The lowest BCUT2D eigenvalue weighted by Gasteiger charge is -2.38. The highest BCUT2D eigenvalue weighted by molar-refractivity contribution is 7.88. The molecule has 4 fully saturated rings. The van der Waals surface area contributed by atoms with E-state index in [1.54, 1.807) is 17.3 Å². The van der Waals surface area contributed by atoms with Crippen LogP contribution in [0.1, 0.15) is 18.4 Å². The molecular weight excluding hydrogens is 518 g/mol. The van der Waals surface area contributed by atoms with Gasteiger partial charge in [0.2, 0.25) is 21.8 Å². The second kappa shape index (κ2) is 11.1. The van der Waals surface area contributed by atoms with Crippen molar-refractivity contribution in [1.29, 1.82) is 0 Å². The monoisotopic (exact) mass is 553 g/mol. The van der Waals surface area contributed by atoms with Gasteiger partial charge in [0.05, 0.1) is 37.5 Å². The number of aliphatic hydroxyl groups is 2. The van der Waals surface area contributed by atoms with E-state index in [9.17, 15) is 28.2 Å². The first-order valence-electron chi connectivity index (χ1n) is 12.9. The van der Waals surface area contributed by atoms with Crippen molar-refractivity contribution in [3.8, 4) is 0 Å². The highest BCUT2D eigenvalue weighted by Crippen LogP contribution is 2.28. The van der Waals surface area contributed by atoms with Gasteiger partial charge in [0.25, 0.3) is 0 Å². The molecule has 0 radical (unpaired) electrons. The number of carbonyl (C=O) groups is 2. The van der Waals surface area contributed by atoms with Crippen molar-refractivity contribution in [3.05, 3.63) is 30.1 Å². The second-order valence-corrected chi connectivity index (χ2v) is 12.5. The molecule has 0 spiro atoms. The molecule has 1 aromatic rings. The number of likely N-dealkylation sites (tertiary alicyclic amines) is 1. The summed E-state index contributed by atoms with van der Waals surface area (Å²) < 4.78 is 38.0. The third kappa shape index (κ3) is 6.01. The van der Waals surface area contributed by atoms with E-state index in [4.69, 9.17) is 9.47 Å². The van der Waals surface area contributed by atoms with E-state index in [0.717, 1.165) is 16.1 Å². The summed E-state index contributed by atoms with van der Waals surface area (Å²) in [7, 11) is -3.74. The van der Waals surface area contributed by atoms with Gasteiger partial charge in [-0.2, -0.15) is 4.31 Å². The Labute approximate surface area is 221 Å². The molecule has 4 aliphatic rings. The second-order valence-electron chi connectivity index (χ2n) is 10.6. The highest BCUT2D eigenvalue weighted by Gasteiger charge is 2.46. The van der Waals surface area contributed by atoms with Gasteiger partial charge in [-0.1, -0.05) is 6.07 Å². The fourth-order valence-electron chi connectivity index (χ4n) is 5.79. The lowest BCUT2D eigenvalue weighted by atomic mass is 10.0. The van der Waals surface area contributed by atoms with E-state index < -0.39 is 46.6 Å². The summed E-state index contributed by atoms with van der Waals surface area (Å²) in [5.41, 5.74) is 0.939. The van der Waals surface area contributed by atoms with Crippen molar-refractivity contribution in [2.24, 2.45) is 0 Å². The number of morpholine rings is 1. The van der Waals surface area contributed by atoms with Crippen LogP contribution in [0, 0.1) is 0 Å². The first-order chi connectivity index (χ1) is 18.1. The van der Waals surface area contributed by atoms with Crippen molar-refractivity contribution in [3.63, 3.8) is 0 Å². The molecule has 14 heteroatoms. The number of nitrogens with zero attached hydrogens (tertiary/aromatic N) is 4. The first-order valence-corrected chi connectivity index (χ1v) is 14.7. The predicted molar refractivity (Wildman–Crippen MR) is 133 cm³/mol. The number of aliphatic hydroxyl groups excluding tert-OH is 2. The number of nitrogens with one attached hydrogen (secondary N) is 1. The fourth-order valence-corrected chi connectivity index (χ4v) is 6.65. The summed E-state index contributed by atoms with van der Waals surface area (Å²) in [6.45, 7) is 1.51. The van der Waals surface area contributed by atoms with E-state index in [1.807, 2.05) is 17.0 Å². The minimum atomic E-state index is -3.74. The van der Waals surface area contributed by atoms with E-state index in [2.05, 4.69) is 10.3 Å². The van der Waals surface area contributed by atoms with Crippen LogP contribution in [0.4, 0.5) is 0 Å². The maximum absolute atomic E-state index is 13.7. The van der Waals surface area contributed by atoms with Crippen molar-refractivity contribution < 1.29 is 37.7 Å². The minimum Gasteiger partial charge on any atom is -0.388 e. The molecular formula is C24H35N5O8S. The van der Waals surface area contributed by atoms with Crippen LogP contribution in [-0.4, -0.2) is 138 Å². The lowest BCUT2D eigenvalue weighted by molar-refractivity contribution is -0.144. The first kappa shape index (κ1) is 27.4. The Bertz CT molecular complexity index is 1120. The SMILES string of the molecule is CS(=O)(=O)N1C[C@@H]2CN(CCO2)C(=O)[C@@H]2C[C@@H](CN2Cc2cccnc2)NC(=O)C[C@@H]2O[C@H](C1)[C@@H](O)[C@H]2O. The van der Waals surface area contributed by atoms with E-state index in [1.165, 1.54) is 0 Å². The van der Waals surface area contributed by atoms with Gasteiger partial charge in [0.15, 0.2) is 0 Å². The molecule has 1 aromatic heterocycles. The van der Waals surface area contributed by atoms with Crippen molar-refractivity contribution in [2.75, 3.05) is 45.6 Å². The molecule has 2 amide bonds. The van der Waals surface area contributed by atoms with Gasteiger partial charge in [-0.3, -0.25) is 19.5 Å². The smallest absolute Gasteiger partial charge is 0.240 e. The molecule has 4 saturated heterocycles. The zero-order chi connectivity index (χ0) is 27.0. The van der Waals surface area contributed by atoms with Crippen LogP contribution in [0.15, 0.2) is 24.5 Å². The van der Waals surface area contributed by atoms with E-state index in [0.29, 0.717) is 26.1 Å². The summed E-state index contributed by atoms with van der Waals surface area (Å²) in [5.74, 6) is -0.467. The van der Waals surface area contributed by atoms with Crippen LogP contribution < -0.4 is 5.32 Å². The van der Waals surface area contributed by atoms with Crippen molar-refractivity contribution in [2.45, 2.75) is 62.0 Å². The van der Waals surface area contributed by atoms with Gasteiger partial charge in [0, 0.05) is 57.7 Å². The summed E-state index contributed by atoms with van der Waals surface area (Å²) in [5, 5.41) is 24.1. The number of pyridine rings is 1. The molecule has 0 saturated carbocycles. The maximum atomic E-state index is 13.7. The van der Waals surface area contributed by atoms with Gasteiger partial charge in [0.1, 0.15) is 18.3 Å². The Kier molecular flexibility index (Phi) is 8.01. The van der Waals surface area contributed by atoms with E-state index >= 15 is 0 Å². The molecule has 5 heterocycles. The lowest BCUT2D eigenvalue weighted by Crippen LogP contribution is -2.55. The number of rotatable bonds is 3. The zero-order valence-electron chi connectivity index (χ0n) is 21.3. The molecule has 3 N–H and O–H groups in total. The summed E-state index contributed by atoms with van der Waals surface area (Å²) in [6.07, 6.45) is -0.603. The predicted octanol–water partition coefficient (Wildman–Crippen LogP) is -2.48. The third-order valence-electron chi connectivity index (χ3n) is 7.72. The third-order valence-corrected chi connectivity index (χ3v) is 8.96. The maximum Gasteiger partial charge on any atom is 0.240 e. The molecule has 210 valence electrons. The van der Waals surface area contributed by atoms with Crippen LogP contribution in [0.3, 0.4) is 0 Å². The minimum absolute atomic E-state index is 0.0386. The Balaban J connectivity index is 1.42. The van der Waals surface area contributed by atoms with Gasteiger partial charge >= 0.3 is 0 Å². The summed E-state index contributed by atoms with van der Waals surface area (Å²) in [4.78, 5) is 34.6. The topological polar surface area (TPSA) is 162 Å². The summed E-state index contributed by atoms with van der Waals surface area (Å²) >= 11 is 0. The van der Waals surface area contributed by atoms with Crippen molar-refractivity contribution >= 4 is 21.8 Å². The molecule has 0 aliphatic carbocycles. The summed E-state index contributed by atoms with van der Waals surface area (Å²) in [6, 6.07) is 2.98. The Morgan fingerprint density at radius 2 is 1.92 bits per heavy atom. The molecule has 0 unspecified atom stereocenters. The average Bonchev–Trinajstić information content (AvgIpc) is 3.38. The van der Waals surface area contributed by atoms with Gasteiger partial charge in [-0.05, 0) is 18.1 Å². The fraction of sp³-hybridized carbons (Fsp3) is 0.708. The molecule has 5 rings (SSSR count). The number of ether oxygens (including phenoxy) is 2. The largest absolute Gasteiger partial charge is 0.388 e. The number of fused-ring (bicyclic) bond motifs is 6. The van der Waals surface area contributed by atoms with Gasteiger partial charge in [-0.25, -0.2) is 8.42 Å². The molecule has 6 bridgehead atoms. The standard InChI is InChI=1S/C24H35N5O8S/c1-38(34,35)29-13-17-12-27(5-6-36-17)24(33)18-7-16(11-28(18)10-15-3-2-4-25-9-15)26-21(30)8-19-22(31)23(32)20(14-29)37-19/h2-4,9,16-20,22-23,31-32H,5-8,10-14H2,1H3,(H,26,30)/t16-,17-,18-,19-,20+,22-,23+/m0/s1. The molecule has 13 nitrogen and oxygen atoms in total. The van der Waals surface area contributed by atoms with Crippen LogP contribution in [0.25, 0.3) is 0 Å². The Morgan fingerprint density at radius 3 is 2.66 bits per heavy atom. The number of aromatic nitrogens is 1. The quantitative estimate of drug-likeness (QED) is 0.366. The van der Waals surface area contributed by atoms with Gasteiger partial charge in [-0.15, -0.1) is 0 Å². The molecule has 0 aromatic carbocycles. The Morgan fingerprint density at radius 1 is 1.13 bits per heavy atom. The van der Waals surface area contributed by atoms with Crippen molar-refractivity contribution in [1.82, 2.24) is 24.4 Å². The highest BCUT2D eigenvalue weighted by atomic mass is 32.2. The number of sulfonamides is 1. The molecule has 4 aliphatic heterocycles. The van der Waals surface area contributed by atoms with E-state index in [-0.39, 0.29) is 50.5 Å². The van der Waals surface area contributed by atoms with Crippen LogP contribution in [0.5, 0.6) is 0 Å². The van der Waals surface area contributed by atoms with Gasteiger partial charge < -0.3 is 29.9 Å². The van der Waals surface area contributed by atoms with Crippen LogP contribution in [-0.2, 0) is 35.6 Å². The zero-order valence-corrected chi connectivity index (χ0v) is 22.1. The molecule has 38 heavy (non-hydrogen) atoms. The average molecular weight is 554 g/mol. The Hall–Kier alpha value is -2.20. The van der Waals surface area contributed by atoms with Crippen LogP contribution >= 0.6 is 0 Å². The number of carbonyl (C=O) groups excluding carboxylic acids is 2. The van der Waals surface area contributed by atoms with Crippen LogP contribution in [0.2, 0.25) is 0 Å².